The number of aromatic nitrogens is 3. The van der Waals surface area contributed by atoms with Gasteiger partial charge in [-0.15, -0.1) is 10.2 Å². The van der Waals surface area contributed by atoms with E-state index in [0.717, 1.165) is 12.8 Å². The molecule has 21 heavy (non-hydrogen) atoms. The van der Waals surface area contributed by atoms with Crippen LogP contribution in [-0.4, -0.2) is 27.3 Å². The Kier molecular flexibility index (Phi) is 3.92. The number of hydrogen-bond acceptors (Lipinski definition) is 4. The number of hydrogen-bond donors (Lipinski definition) is 0. The third kappa shape index (κ3) is 2.78. The molecule has 1 atom stereocenters. The summed E-state index contributed by atoms with van der Waals surface area (Å²) in [5, 5.41) is 8.64. The SMILES string of the molecule is CCOC(=O)C(c1ccccc1Cl)c1nncn1C1CC1. The average molecular weight is 306 g/mol. The van der Waals surface area contributed by atoms with Crippen LogP contribution in [0.15, 0.2) is 30.6 Å². The number of carbonyl (C=O) groups excluding carboxylic acids is 1. The fourth-order valence-corrected chi connectivity index (χ4v) is 2.64. The summed E-state index contributed by atoms with van der Waals surface area (Å²) in [4.78, 5) is 12.4. The first-order chi connectivity index (χ1) is 10.2. The van der Waals surface area contributed by atoms with E-state index in [4.69, 9.17) is 16.3 Å². The van der Waals surface area contributed by atoms with Gasteiger partial charge < -0.3 is 9.30 Å². The first kappa shape index (κ1) is 14.1. The van der Waals surface area contributed by atoms with Gasteiger partial charge >= 0.3 is 5.97 Å². The van der Waals surface area contributed by atoms with Crippen LogP contribution < -0.4 is 0 Å². The standard InChI is InChI=1S/C15H16ClN3O2/c1-2-21-15(20)13(11-5-3-4-6-12(11)16)14-18-17-9-19(14)10-7-8-10/h3-6,9-10,13H,2,7-8H2,1H3. The Morgan fingerprint density at radius 2 is 2.24 bits per heavy atom. The van der Waals surface area contributed by atoms with Crippen LogP contribution >= 0.6 is 11.6 Å². The quantitative estimate of drug-likeness (QED) is 0.797. The van der Waals surface area contributed by atoms with Crippen molar-refractivity contribution < 1.29 is 9.53 Å². The number of benzene rings is 1. The van der Waals surface area contributed by atoms with Crippen LogP contribution in [0.4, 0.5) is 0 Å². The van der Waals surface area contributed by atoms with E-state index in [1.165, 1.54) is 0 Å². The molecule has 0 amide bonds. The first-order valence-electron chi connectivity index (χ1n) is 7.02. The van der Waals surface area contributed by atoms with Crippen LogP contribution in [0.1, 0.15) is 43.1 Å². The maximum atomic E-state index is 12.4. The molecule has 0 spiro atoms. The second-order valence-electron chi connectivity index (χ2n) is 5.03. The summed E-state index contributed by atoms with van der Waals surface area (Å²) >= 11 is 6.26. The molecular formula is C15H16ClN3O2. The van der Waals surface area contributed by atoms with Gasteiger partial charge in [0.15, 0.2) is 5.82 Å². The Morgan fingerprint density at radius 3 is 2.90 bits per heavy atom. The van der Waals surface area contributed by atoms with Crippen molar-refractivity contribution in [2.24, 2.45) is 0 Å². The Labute approximate surface area is 127 Å². The highest BCUT2D eigenvalue weighted by Gasteiger charge is 2.35. The van der Waals surface area contributed by atoms with Gasteiger partial charge in [0, 0.05) is 11.1 Å². The molecule has 6 heteroatoms. The first-order valence-corrected chi connectivity index (χ1v) is 7.40. The Bertz CT molecular complexity index is 652. The second kappa shape index (κ2) is 5.85. The smallest absolute Gasteiger partial charge is 0.321 e. The lowest BCUT2D eigenvalue weighted by molar-refractivity contribution is -0.144. The van der Waals surface area contributed by atoms with Crippen LogP contribution in [0.2, 0.25) is 5.02 Å². The number of carbonyl (C=O) groups is 1. The minimum absolute atomic E-state index is 0.317. The molecule has 0 N–H and O–H groups in total. The molecular weight excluding hydrogens is 290 g/mol. The lowest BCUT2D eigenvalue weighted by atomic mass is 9.98. The second-order valence-corrected chi connectivity index (χ2v) is 5.44. The number of esters is 1. The summed E-state index contributed by atoms with van der Waals surface area (Å²) in [5.74, 6) is -0.383. The highest BCUT2D eigenvalue weighted by molar-refractivity contribution is 6.31. The zero-order valence-electron chi connectivity index (χ0n) is 11.7. The molecule has 1 aliphatic carbocycles. The molecule has 0 bridgehead atoms. The van der Waals surface area contributed by atoms with E-state index in [1.807, 2.05) is 22.8 Å². The van der Waals surface area contributed by atoms with Gasteiger partial charge in [-0.05, 0) is 31.4 Å². The third-order valence-electron chi connectivity index (χ3n) is 3.54. The maximum Gasteiger partial charge on any atom is 0.321 e. The van der Waals surface area contributed by atoms with Crippen LogP contribution in [0, 0.1) is 0 Å². The molecule has 1 heterocycles. The van der Waals surface area contributed by atoms with E-state index in [1.54, 1.807) is 19.3 Å². The molecule has 1 fully saturated rings. The molecule has 1 aromatic heterocycles. The summed E-state index contributed by atoms with van der Waals surface area (Å²) in [7, 11) is 0. The molecule has 5 nitrogen and oxygen atoms in total. The van der Waals surface area contributed by atoms with E-state index in [2.05, 4.69) is 10.2 Å². The topological polar surface area (TPSA) is 57.0 Å². The average Bonchev–Trinajstić information content (AvgIpc) is 3.21. The molecule has 110 valence electrons. The molecule has 1 aromatic carbocycles. The van der Waals surface area contributed by atoms with Gasteiger partial charge in [-0.3, -0.25) is 4.79 Å². The largest absolute Gasteiger partial charge is 0.465 e. The van der Waals surface area contributed by atoms with E-state index >= 15 is 0 Å². The van der Waals surface area contributed by atoms with E-state index < -0.39 is 5.92 Å². The van der Waals surface area contributed by atoms with Crippen molar-refractivity contribution in [2.75, 3.05) is 6.61 Å². The third-order valence-corrected chi connectivity index (χ3v) is 3.88. The molecule has 3 rings (SSSR count). The lowest BCUT2D eigenvalue weighted by Gasteiger charge is -2.17. The highest BCUT2D eigenvalue weighted by Crippen LogP contribution is 2.39. The maximum absolute atomic E-state index is 12.4. The molecule has 2 aromatic rings. The summed E-state index contributed by atoms with van der Waals surface area (Å²) in [6.45, 7) is 2.10. The van der Waals surface area contributed by atoms with Gasteiger partial charge in [0.1, 0.15) is 12.2 Å². The van der Waals surface area contributed by atoms with Crippen molar-refractivity contribution in [3.63, 3.8) is 0 Å². The fraction of sp³-hybridized carbons (Fsp3) is 0.400. The monoisotopic (exact) mass is 305 g/mol. The van der Waals surface area contributed by atoms with E-state index in [0.29, 0.717) is 29.1 Å². The fourth-order valence-electron chi connectivity index (χ4n) is 2.40. The van der Waals surface area contributed by atoms with Gasteiger partial charge in [0.05, 0.1) is 6.61 Å². The number of nitrogens with zero attached hydrogens (tertiary/aromatic N) is 3. The van der Waals surface area contributed by atoms with Crippen LogP contribution in [0.25, 0.3) is 0 Å². The zero-order chi connectivity index (χ0) is 14.8. The molecule has 1 saturated carbocycles. The van der Waals surface area contributed by atoms with Crippen LogP contribution in [0.3, 0.4) is 0 Å². The predicted molar refractivity (Wildman–Crippen MR) is 78.2 cm³/mol. The Balaban J connectivity index is 2.06. The van der Waals surface area contributed by atoms with Crippen molar-refractivity contribution in [3.05, 3.63) is 47.0 Å². The van der Waals surface area contributed by atoms with E-state index in [-0.39, 0.29) is 5.97 Å². The van der Waals surface area contributed by atoms with Gasteiger partial charge in [0.2, 0.25) is 0 Å². The van der Waals surface area contributed by atoms with Crippen molar-refractivity contribution in [1.29, 1.82) is 0 Å². The molecule has 0 saturated heterocycles. The van der Waals surface area contributed by atoms with E-state index in [9.17, 15) is 4.79 Å². The van der Waals surface area contributed by atoms with Crippen molar-refractivity contribution in [2.45, 2.75) is 31.7 Å². The lowest BCUT2D eigenvalue weighted by Crippen LogP contribution is -2.21. The summed E-state index contributed by atoms with van der Waals surface area (Å²) < 4.78 is 7.18. The molecule has 0 radical (unpaired) electrons. The molecule has 1 unspecified atom stereocenters. The number of ether oxygens (including phenoxy) is 1. The minimum Gasteiger partial charge on any atom is -0.465 e. The Hall–Kier alpha value is -1.88. The van der Waals surface area contributed by atoms with Gasteiger partial charge in [-0.1, -0.05) is 29.8 Å². The minimum atomic E-state index is -0.637. The van der Waals surface area contributed by atoms with Gasteiger partial charge in [0.25, 0.3) is 0 Å². The van der Waals surface area contributed by atoms with Gasteiger partial charge in [-0.2, -0.15) is 0 Å². The van der Waals surface area contributed by atoms with Crippen molar-refractivity contribution in [3.8, 4) is 0 Å². The predicted octanol–water partition coefficient (Wildman–Crippen LogP) is 2.96. The van der Waals surface area contributed by atoms with Crippen LogP contribution in [-0.2, 0) is 9.53 Å². The zero-order valence-corrected chi connectivity index (χ0v) is 12.5. The molecule has 1 aliphatic rings. The van der Waals surface area contributed by atoms with Crippen LogP contribution in [0.5, 0.6) is 0 Å². The molecule has 0 aliphatic heterocycles. The van der Waals surface area contributed by atoms with Crippen molar-refractivity contribution in [1.82, 2.24) is 14.8 Å². The summed E-state index contributed by atoms with van der Waals surface area (Å²) in [6, 6.07) is 7.66. The van der Waals surface area contributed by atoms with Gasteiger partial charge in [-0.25, -0.2) is 0 Å². The normalized spacial score (nSPS) is 15.7. The summed E-state index contributed by atoms with van der Waals surface area (Å²) in [5.41, 5.74) is 0.701. The number of rotatable bonds is 5. The Morgan fingerprint density at radius 1 is 1.48 bits per heavy atom. The number of halogens is 1. The highest BCUT2D eigenvalue weighted by atomic mass is 35.5. The van der Waals surface area contributed by atoms with Crippen molar-refractivity contribution >= 4 is 17.6 Å². The summed E-state index contributed by atoms with van der Waals surface area (Å²) in [6.07, 6.45) is 3.85.